The van der Waals surface area contributed by atoms with E-state index in [0.717, 1.165) is 18.4 Å². The van der Waals surface area contributed by atoms with Crippen LogP contribution >= 0.6 is 7.60 Å². The van der Waals surface area contributed by atoms with Gasteiger partial charge in [-0.15, -0.1) is 0 Å². The summed E-state index contributed by atoms with van der Waals surface area (Å²) in [5.41, 5.74) is 0.187. The number of rotatable bonds is 8. The summed E-state index contributed by atoms with van der Waals surface area (Å²) in [6, 6.07) is 4.76. The number of halogens is 1. The Bertz CT molecular complexity index is 591. The quantitative estimate of drug-likeness (QED) is 0.534. The first-order valence-electron chi connectivity index (χ1n) is 6.24. The Morgan fingerprint density at radius 2 is 1.62 bits per heavy atom. The summed E-state index contributed by atoms with van der Waals surface area (Å²) in [5, 5.41) is 0. The highest BCUT2D eigenvalue weighted by Crippen LogP contribution is 2.61. The van der Waals surface area contributed by atoms with Gasteiger partial charge in [-0.05, 0) is 31.5 Å². The van der Waals surface area contributed by atoms with E-state index in [2.05, 4.69) is 0 Å². The fourth-order valence-electron chi connectivity index (χ4n) is 1.62. The summed E-state index contributed by atoms with van der Waals surface area (Å²) in [6.07, 6.45) is 0.825. The second kappa shape index (κ2) is 7.47. The lowest BCUT2D eigenvalue weighted by Gasteiger charge is -2.25. The molecule has 0 aromatic heterocycles. The highest BCUT2D eigenvalue weighted by molar-refractivity contribution is 7.86. The molecule has 0 saturated carbocycles. The first-order chi connectivity index (χ1) is 9.72. The SMILES string of the molecule is CCOP(=O)(OCC)C(OS(C)(=O)=O)c1ccc(F)cc1. The second-order valence-electron chi connectivity index (χ2n) is 4.08. The van der Waals surface area contributed by atoms with Gasteiger partial charge in [-0.1, -0.05) is 12.1 Å². The van der Waals surface area contributed by atoms with E-state index in [9.17, 15) is 17.4 Å². The summed E-state index contributed by atoms with van der Waals surface area (Å²) >= 11 is 0. The van der Waals surface area contributed by atoms with Crippen molar-refractivity contribution in [2.45, 2.75) is 19.7 Å². The zero-order chi connectivity index (χ0) is 16.1. The molecule has 0 aliphatic rings. The Labute approximate surface area is 123 Å². The number of hydrogen-bond acceptors (Lipinski definition) is 6. The van der Waals surface area contributed by atoms with Crippen LogP contribution in [-0.4, -0.2) is 27.9 Å². The zero-order valence-corrected chi connectivity index (χ0v) is 13.7. The van der Waals surface area contributed by atoms with Gasteiger partial charge in [0, 0.05) is 0 Å². The van der Waals surface area contributed by atoms with E-state index in [4.69, 9.17) is 13.2 Å². The molecular formula is C12H18FO6PS. The first-order valence-corrected chi connectivity index (χ1v) is 9.67. The third-order valence-electron chi connectivity index (χ3n) is 2.33. The van der Waals surface area contributed by atoms with Gasteiger partial charge in [-0.25, -0.2) is 8.57 Å². The highest BCUT2D eigenvalue weighted by Gasteiger charge is 2.40. The molecule has 0 heterocycles. The number of benzene rings is 1. The van der Waals surface area contributed by atoms with Crippen LogP contribution in [-0.2, 0) is 27.9 Å². The smallest absolute Gasteiger partial charge is 0.307 e. The van der Waals surface area contributed by atoms with Gasteiger partial charge in [0.05, 0.1) is 19.5 Å². The van der Waals surface area contributed by atoms with Crippen LogP contribution in [0.15, 0.2) is 24.3 Å². The largest absolute Gasteiger partial charge is 0.365 e. The average Bonchev–Trinajstić information content (AvgIpc) is 2.37. The lowest BCUT2D eigenvalue weighted by Crippen LogP contribution is -2.14. The Morgan fingerprint density at radius 3 is 2.00 bits per heavy atom. The average molecular weight is 340 g/mol. The standard InChI is InChI=1S/C12H18FO6PS/c1-4-17-20(14,18-5-2)12(19-21(3,15)16)10-6-8-11(13)9-7-10/h6-9,12H,4-5H2,1-3H3. The van der Waals surface area contributed by atoms with Crippen LogP contribution in [0.5, 0.6) is 0 Å². The summed E-state index contributed by atoms with van der Waals surface area (Å²) < 4.78 is 63.7. The predicted molar refractivity (Wildman–Crippen MR) is 75.9 cm³/mol. The Hall–Kier alpha value is -0.790. The van der Waals surface area contributed by atoms with E-state index >= 15 is 0 Å². The molecule has 0 amide bonds. The molecule has 0 N–H and O–H groups in total. The predicted octanol–water partition coefficient (Wildman–Crippen LogP) is 3.07. The van der Waals surface area contributed by atoms with Crippen molar-refractivity contribution in [2.24, 2.45) is 0 Å². The Balaban J connectivity index is 3.29. The molecule has 120 valence electrons. The van der Waals surface area contributed by atoms with E-state index in [1.165, 1.54) is 12.1 Å². The van der Waals surface area contributed by atoms with Crippen LogP contribution in [0.25, 0.3) is 0 Å². The third-order valence-corrected chi connectivity index (χ3v) is 5.23. The minimum absolute atomic E-state index is 0.0437. The molecule has 1 aromatic rings. The van der Waals surface area contributed by atoms with Gasteiger partial charge in [0.25, 0.3) is 10.1 Å². The van der Waals surface area contributed by atoms with Crippen LogP contribution in [0.2, 0.25) is 0 Å². The molecule has 0 radical (unpaired) electrons. The fourth-order valence-corrected chi connectivity index (χ4v) is 4.55. The van der Waals surface area contributed by atoms with E-state index < -0.39 is 29.4 Å². The summed E-state index contributed by atoms with van der Waals surface area (Å²) in [4.78, 5) is 0. The molecule has 1 unspecified atom stereocenters. The molecule has 1 aromatic carbocycles. The molecule has 0 bridgehead atoms. The van der Waals surface area contributed by atoms with Crippen molar-refractivity contribution in [1.82, 2.24) is 0 Å². The summed E-state index contributed by atoms with van der Waals surface area (Å²) in [6.45, 7) is 3.27. The van der Waals surface area contributed by atoms with Crippen molar-refractivity contribution < 1.29 is 30.6 Å². The first kappa shape index (κ1) is 18.3. The monoisotopic (exact) mass is 340 g/mol. The molecule has 1 atom stereocenters. The van der Waals surface area contributed by atoms with Crippen LogP contribution in [0, 0.1) is 5.82 Å². The van der Waals surface area contributed by atoms with Gasteiger partial charge < -0.3 is 9.05 Å². The summed E-state index contributed by atoms with van der Waals surface area (Å²) in [7, 11) is -7.81. The lowest BCUT2D eigenvalue weighted by molar-refractivity contribution is 0.165. The summed E-state index contributed by atoms with van der Waals surface area (Å²) in [5.74, 6) is -1.99. The Kier molecular flexibility index (Phi) is 6.49. The fraction of sp³-hybridized carbons (Fsp3) is 0.500. The van der Waals surface area contributed by atoms with Crippen molar-refractivity contribution >= 4 is 17.7 Å². The van der Waals surface area contributed by atoms with Crippen LogP contribution < -0.4 is 0 Å². The minimum atomic E-state index is -3.93. The maximum Gasteiger partial charge on any atom is 0.365 e. The minimum Gasteiger partial charge on any atom is -0.307 e. The van der Waals surface area contributed by atoms with Gasteiger partial charge in [-0.2, -0.15) is 8.42 Å². The van der Waals surface area contributed by atoms with Crippen molar-refractivity contribution in [2.75, 3.05) is 19.5 Å². The lowest BCUT2D eigenvalue weighted by atomic mass is 10.2. The normalized spacial score (nSPS) is 14.1. The Morgan fingerprint density at radius 1 is 1.14 bits per heavy atom. The molecule has 6 nitrogen and oxygen atoms in total. The molecule has 0 aliphatic heterocycles. The third kappa shape index (κ3) is 5.48. The zero-order valence-electron chi connectivity index (χ0n) is 12.0. The second-order valence-corrected chi connectivity index (χ2v) is 7.75. The molecule has 0 aliphatic carbocycles. The topological polar surface area (TPSA) is 78.9 Å². The van der Waals surface area contributed by atoms with E-state index in [1.807, 2.05) is 0 Å². The van der Waals surface area contributed by atoms with Crippen molar-refractivity contribution in [1.29, 1.82) is 0 Å². The van der Waals surface area contributed by atoms with Gasteiger partial charge in [0.15, 0.2) is 0 Å². The van der Waals surface area contributed by atoms with Crippen LogP contribution in [0.3, 0.4) is 0 Å². The highest BCUT2D eigenvalue weighted by atomic mass is 32.2. The van der Waals surface area contributed by atoms with Gasteiger partial charge in [0.1, 0.15) is 5.82 Å². The van der Waals surface area contributed by atoms with Crippen LogP contribution in [0.4, 0.5) is 4.39 Å². The van der Waals surface area contributed by atoms with Crippen molar-refractivity contribution in [3.63, 3.8) is 0 Å². The van der Waals surface area contributed by atoms with Gasteiger partial charge >= 0.3 is 7.60 Å². The molecule has 9 heteroatoms. The number of hydrogen-bond donors (Lipinski definition) is 0. The molecule has 0 fully saturated rings. The van der Waals surface area contributed by atoms with E-state index in [-0.39, 0.29) is 18.8 Å². The van der Waals surface area contributed by atoms with Gasteiger partial charge in [-0.3, -0.25) is 4.57 Å². The van der Waals surface area contributed by atoms with E-state index in [0.29, 0.717) is 0 Å². The van der Waals surface area contributed by atoms with Crippen molar-refractivity contribution in [3.8, 4) is 0 Å². The molecule has 0 spiro atoms. The molecule has 21 heavy (non-hydrogen) atoms. The molecular weight excluding hydrogens is 322 g/mol. The molecule has 0 saturated heterocycles. The van der Waals surface area contributed by atoms with E-state index in [1.54, 1.807) is 13.8 Å². The maximum absolute atomic E-state index is 13.0. The van der Waals surface area contributed by atoms with Crippen molar-refractivity contribution in [3.05, 3.63) is 35.6 Å². The maximum atomic E-state index is 13.0. The molecule has 1 rings (SSSR count). The van der Waals surface area contributed by atoms with Gasteiger partial charge in [0.2, 0.25) is 5.85 Å². The van der Waals surface area contributed by atoms with Crippen LogP contribution in [0.1, 0.15) is 25.3 Å².